The van der Waals surface area contributed by atoms with Gasteiger partial charge >= 0.3 is 12.0 Å². The smallest absolute Gasteiger partial charge is 0.360 e. The summed E-state index contributed by atoms with van der Waals surface area (Å²) in [5.74, 6) is -0.768. The van der Waals surface area contributed by atoms with Crippen molar-refractivity contribution in [2.45, 2.75) is 31.3 Å². The zero-order valence-corrected chi connectivity index (χ0v) is 20.2. The number of carbonyl (C=O) groups is 3. The first kappa shape index (κ1) is 27.8. The molecule has 2 atom stereocenters. The number of urea groups is 1. The quantitative estimate of drug-likeness (QED) is 0.0977. The molecule has 3 amide bonds. The molecule has 192 valence electrons. The van der Waals surface area contributed by atoms with Gasteiger partial charge in [-0.25, -0.2) is 9.59 Å². The average molecular weight is 498 g/mol. The molecular formula is C24H31N7O5. The number of carbonyl (C=O) groups excluding carboxylic acids is 3. The number of ether oxygens (including phenoxy) is 2. The van der Waals surface area contributed by atoms with Crippen LogP contribution in [0.5, 0.6) is 5.75 Å². The first-order valence-corrected chi connectivity index (χ1v) is 11.2. The van der Waals surface area contributed by atoms with Crippen LogP contribution < -0.4 is 26.4 Å². The van der Waals surface area contributed by atoms with Crippen LogP contribution in [0.3, 0.4) is 0 Å². The molecule has 0 heterocycles. The number of nitrogens with two attached hydrogens (primary N) is 1. The molecule has 0 radical (unpaired) electrons. The number of hydrogen-bond acceptors (Lipinski definition) is 7. The van der Waals surface area contributed by atoms with E-state index in [0.29, 0.717) is 24.4 Å². The first-order valence-electron chi connectivity index (χ1n) is 11.2. The lowest BCUT2D eigenvalue weighted by Gasteiger charge is -2.22. The molecule has 0 spiro atoms. The number of nitrogens with zero attached hydrogens (tertiary/aromatic N) is 2. The van der Waals surface area contributed by atoms with Gasteiger partial charge in [-0.15, -0.1) is 5.11 Å². The standard InChI is InChI=1S/C24H31N7O5/c1-35-18-12-10-17(11-13-18)30-31-24(34)29-20(15-16-7-4-3-5-8-16)21(32)28-19(22(33)36-2)9-6-14-27-23(25)26/h3-5,7-8,10-13,19-20H,6,9,14-15H2,1-2H3,(H,28,32)(H,29,34)(H4,25,26,27)/b31-30+. The molecule has 12 heteroatoms. The Morgan fingerprint density at radius 1 is 1.00 bits per heavy atom. The van der Waals surface area contributed by atoms with Crippen LogP contribution in [0.1, 0.15) is 18.4 Å². The maximum Gasteiger partial charge on any atom is 0.360 e. The Hall–Kier alpha value is -4.48. The van der Waals surface area contributed by atoms with E-state index >= 15 is 0 Å². The minimum absolute atomic E-state index is 0.163. The van der Waals surface area contributed by atoms with Gasteiger partial charge in [-0.2, -0.15) is 0 Å². The van der Waals surface area contributed by atoms with Gasteiger partial charge in [0.2, 0.25) is 5.91 Å². The maximum atomic E-state index is 13.1. The third-order valence-corrected chi connectivity index (χ3v) is 5.01. The van der Waals surface area contributed by atoms with Crippen molar-refractivity contribution in [1.82, 2.24) is 16.0 Å². The summed E-state index contributed by atoms with van der Waals surface area (Å²) in [5, 5.41) is 22.6. The monoisotopic (exact) mass is 497 g/mol. The molecule has 12 nitrogen and oxygen atoms in total. The van der Waals surface area contributed by atoms with Crippen molar-refractivity contribution >= 4 is 29.6 Å². The number of esters is 1. The third kappa shape index (κ3) is 9.79. The molecule has 2 rings (SSSR count). The van der Waals surface area contributed by atoms with Crippen molar-refractivity contribution in [2.75, 3.05) is 20.8 Å². The lowest BCUT2D eigenvalue weighted by molar-refractivity contribution is -0.145. The second-order valence-corrected chi connectivity index (χ2v) is 7.66. The van der Waals surface area contributed by atoms with Crippen molar-refractivity contribution in [2.24, 2.45) is 16.0 Å². The summed E-state index contributed by atoms with van der Waals surface area (Å²) in [6.07, 6.45) is 0.837. The van der Waals surface area contributed by atoms with Crippen LogP contribution in [0, 0.1) is 5.41 Å². The Kier molecular flexibility index (Phi) is 11.3. The predicted molar refractivity (Wildman–Crippen MR) is 133 cm³/mol. The van der Waals surface area contributed by atoms with Gasteiger partial charge in [-0.3, -0.25) is 10.2 Å². The number of rotatable bonds is 12. The second kappa shape index (κ2) is 14.7. The Labute approximate surface area is 209 Å². The van der Waals surface area contributed by atoms with Crippen molar-refractivity contribution in [1.29, 1.82) is 5.41 Å². The first-order chi connectivity index (χ1) is 17.3. The van der Waals surface area contributed by atoms with Gasteiger partial charge in [-0.05, 0) is 42.7 Å². The average Bonchev–Trinajstić information content (AvgIpc) is 2.89. The number of benzene rings is 2. The molecule has 0 fully saturated rings. The Balaban J connectivity index is 2.10. The number of methoxy groups -OCH3 is 2. The van der Waals surface area contributed by atoms with Crippen molar-refractivity contribution in [3.05, 3.63) is 60.2 Å². The second-order valence-electron chi connectivity index (χ2n) is 7.66. The lowest BCUT2D eigenvalue weighted by Crippen LogP contribution is -2.52. The molecule has 0 aliphatic heterocycles. The van der Waals surface area contributed by atoms with Gasteiger partial charge < -0.3 is 31.2 Å². The number of amides is 3. The highest BCUT2D eigenvalue weighted by Gasteiger charge is 2.27. The number of guanidine groups is 1. The molecule has 2 unspecified atom stereocenters. The molecule has 0 aromatic heterocycles. The molecule has 6 N–H and O–H groups in total. The largest absolute Gasteiger partial charge is 0.497 e. The molecule has 36 heavy (non-hydrogen) atoms. The van der Waals surface area contributed by atoms with E-state index in [9.17, 15) is 14.4 Å². The van der Waals surface area contributed by atoms with Gasteiger partial charge in [0.25, 0.3) is 0 Å². The Bertz CT molecular complexity index is 1040. The minimum atomic E-state index is -1.03. The van der Waals surface area contributed by atoms with E-state index in [2.05, 4.69) is 26.2 Å². The summed E-state index contributed by atoms with van der Waals surface area (Å²) >= 11 is 0. The summed E-state index contributed by atoms with van der Waals surface area (Å²) in [4.78, 5) is 37.8. The molecule has 0 aliphatic rings. The maximum absolute atomic E-state index is 13.1. The summed E-state index contributed by atoms with van der Waals surface area (Å²) in [6, 6.07) is 12.9. The van der Waals surface area contributed by atoms with Crippen LogP contribution in [-0.2, 0) is 20.7 Å². The highest BCUT2D eigenvalue weighted by Crippen LogP contribution is 2.18. The summed E-state index contributed by atoms with van der Waals surface area (Å²) in [5.41, 5.74) is 6.49. The normalized spacial score (nSPS) is 12.3. The predicted octanol–water partition coefficient (Wildman–Crippen LogP) is 2.02. The highest BCUT2D eigenvalue weighted by atomic mass is 16.5. The van der Waals surface area contributed by atoms with Gasteiger partial charge in [0.15, 0.2) is 5.96 Å². The topological polar surface area (TPSA) is 180 Å². The van der Waals surface area contributed by atoms with Crippen LogP contribution in [0.2, 0.25) is 0 Å². The van der Waals surface area contributed by atoms with Crippen LogP contribution in [0.4, 0.5) is 10.5 Å². The molecule has 0 bridgehead atoms. The lowest BCUT2D eigenvalue weighted by atomic mass is 10.0. The van der Waals surface area contributed by atoms with E-state index in [1.807, 2.05) is 30.3 Å². The van der Waals surface area contributed by atoms with Crippen LogP contribution in [-0.4, -0.2) is 56.7 Å². The van der Waals surface area contributed by atoms with E-state index in [1.54, 1.807) is 24.3 Å². The van der Waals surface area contributed by atoms with Crippen LogP contribution in [0.15, 0.2) is 64.8 Å². The van der Waals surface area contributed by atoms with E-state index < -0.39 is 30.0 Å². The fourth-order valence-electron chi connectivity index (χ4n) is 3.18. The Morgan fingerprint density at radius 2 is 1.69 bits per heavy atom. The van der Waals surface area contributed by atoms with Gasteiger partial charge in [0, 0.05) is 13.0 Å². The van der Waals surface area contributed by atoms with Gasteiger partial charge in [-0.1, -0.05) is 35.4 Å². The van der Waals surface area contributed by atoms with Crippen molar-refractivity contribution in [3.63, 3.8) is 0 Å². The SMILES string of the molecule is COC(=O)C(CCCNC(=N)N)NC(=O)C(Cc1ccccc1)NC(=O)/N=N/c1ccc(OC)cc1. The van der Waals surface area contributed by atoms with Gasteiger partial charge in [0.1, 0.15) is 17.8 Å². The molecule has 0 saturated heterocycles. The molecule has 0 saturated carbocycles. The number of azo groups is 1. The Morgan fingerprint density at radius 3 is 2.31 bits per heavy atom. The van der Waals surface area contributed by atoms with Crippen molar-refractivity contribution in [3.8, 4) is 5.75 Å². The summed E-state index contributed by atoms with van der Waals surface area (Å²) < 4.78 is 9.88. The molecular weight excluding hydrogens is 466 g/mol. The molecule has 2 aromatic rings. The fourth-order valence-corrected chi connectivity index (χ4v) is 3.18. The molecule has 2 aromatic carbocycles. The third-order valence-electron chi connectivity index (χ3n) is 5.01. The number of nitrogens with one attached hydrogen (secondary N) is 4. The van der Waals surface area contributed by atoms with E-state index in [0.717, 1.165) is 5.56 Å². The zero-order chi connectivity index (χ0) is 26.3. The van der Waals surface area contributed by atoms with Crippen molar-refractivity contribution < 1.29 is 23.9 Å². The highest BCUT2D eigenvalue weighted by molar-refractivity contribution is 5.90. The molecule has 0 aliphatic carbocycles. The summed E-state index contributed by atoms with van der Waals surface area (Å²) in [7, 11) is 2.76. The summed E-state index contributed by atoms with van der Waals surface area (Å²) in [6.45, 7) is 0.342. The minimum Gasteiger partial charge on any atom is -0.497 e. The number of hydrogen-bond donors (Lipinski definition) is 5. The van der Waals surface area contributed by atoms with Gasteiger partial charge in [0.05, 0.1) is 19.9 Å². The van der Waals surface area contributed by atoms with E-state index in [1.165, 1.54) is 14.2 Å². The fraction of sp³-hybridized carbons (Fsp3) is 0.333. The van der Waals surface area contributed by atoms with Crippen LogP contribution in [0.25, 0.3) is 0 Å². The van der Waals surface area contributed by atoms with E-state index in [-0.39, 0.29) is 18.8 Å². The van der Waals surface area contributed by atoms with Crippen LogP contribution >= 0.6 is 0 Å². The van der Waals surface area contributed by atoms with E-state index in [4.69, 9.17) is 20.6 Å². The zero-order valence-electron chi connectivity index (χ0n) is 20.2.